The largest absolute Gasteiger partial charge is 0.271 e. The topological polar surface area (TPSA) is 81.1 Å². The molecule has 3 N–H and O–H groups in total. The molecule has 0 radical (unpaired) electrons. The van der Waals surface area contributed by atoms with E-state index in [1.165, 1.54) is 0 Å². The zero-order valence-corrected chi connectivity index (χ0v) is 10.5. The first-order valence-corrected chi connectivity index (χ1v) is 5.95. The number of nitrogens with one attached hydrogen (secondary N) is 1. The van der Waals surface area contributed by atoms with E-state index in [1.54, 1.807) is 29.3 Å². The van der Waals surface area contributed by atoms with E-state index >= 15 is 0 Å². The maximum absolute atomic E-state index is 5.72. The predicted octanol–water partition coefficient (Wildman–Crippen LogP) is 0.985. The third-order valence-electron chi connectivity index (χ3n) is 3.22. The van der Waals surface area contributed by atoms with Crippen molar-refractivity contribution in [1.29, 1.82) is 0 Å². The highest BCUT2D eigenvalue weighted by Crippen LogP contribution is 2.26. The first kappa shape index (κ1) is 11.8. The van der Waals surface area contributed by atoms with Gasteiger partial charge in [0, 0.05) is 30.4 Å². The zero-order chi connectivity index (χ0) is 13.2. The molecule has 0 aromatic carbocycles. The van der Waals surface area contributed by atoms with Crippen LogP contribution >= 0.6 is 0 Å². The molecule has 1 atom stereocenters. The normalized spacial score (nSPS) is 12.7. The van der Waals surface area contributed by atoms with Crippen molar-refractivity contribution in [1.82, 2.24) is 25.0 Å². The number of pyridine rings is 1. The van der Waals surface area contributed by atoms with Gasteiger partial charge in [-0.25, -0.2) is 9.94 Å². The molecule has 0 aliphatic heterocycles. The van der Waals surface area contributed by atoms with Crippen LogP contribution < -0.4 is 11.3 Å². The number of aromatic nitrogens is 4. The Morgan fingerprint density at radius 1 is 1.16 bits per heavy atom. The van der Waals surface area contributed by atoms with E-state index in [2.05, 4.69) is 20.5 Å². The number of fused-ring (bicyclic) bond motifs is 1. The smallest absolute Gasteiger partial charge is 0.0896 e. The van der Waals surface area contributed by atoms with E-state index in [0.29, 0.717) is 0 Å². The fourth-order valence-electron chi connectivity index (χ4n) is 2.20. The number of hydrazine groups is 1. The maximum atomic E-state index is 5.72. The van der Waals surface area contributed by atoms with Crippen LogP contribution in [0.5, 0.6) is 0 Å². The van der Waals surface area contributed by atoms with E-state index in [-0.39, 0.29) is 6.04 Å². The van der Waals surface area contributed by atoms with E-state index in [4.69, 9.17) is 5.84 Å². The van der Waals surface area contributed by atoms with E-state index in [9.17, 15) is 0 Å². The molecule has 96 valence electrons. The van der Waals surface area contributed by atoms with Gasteiger partial charge in [-0.2, -0.15) is 5.10 Å². The second-order valence-corrected chi connectivity index (χ2v) is 4.34. The average Bonchev–Trinajstić information content (AvgIpc) is 2.86. The van der Waals surface area contributed by atoms with E-state index in [1.807, 2.05) is 25.4 Å². The van der Waals surface area contributed by atoms with Gasteiger partial charge in [0.1, 0.15) is 0 Å². The van der Waals surface area contributed by atoms with Gasteiger partial charge in [-0.1, -0.05) is 0 Å². The zero-order valence-electron chi connectivity index (χ0n) is 10.5. The van der Waals surface area contributed by atoms with Gasteiger partial charge < -0.3 is 0 Å². The molecule has 3 heterocycles. The number of hydrogen-bond donors (Lipinski definition) is 2. The molecule has 19 heavy (non-hydrogen) atoms. The van der Waals surface area contributed by atoms with Crippen molar-refractivity contribution in [3.05, 3.63) is 59.9 Å². The van der Waals surface area contributed by atoms with Gasteiger partial charge in [-0.3, -0.25) is 15.8 Å². The summed E-state index contributed by atoms with van der Waals surface area (Å²) in [5, 5.41) is 4.30. The van der Waals surface area contributed by atoms with Gasteiger partial charge in [0.15, 0.2) is 0 Å². The Labute approximate surface area is 110 Å². The fraction of sp³-hybridized carbons (Fsp3) is 0.154. The van der Waals surface area contributed by atoms with Crippen LogP contribution in [0, 0.1) is 6.92 Å². The van der Waals surface area contributed by atoms with Crippen molar-refractivity contribution >= 4 is 5.52 Å². The summed E-state index contributed by atoms with van der Waals surface area (Å²) in [4.78, 5) is 8.30. The van der Waals surface area contributed by atoms with Gasteiger partial charge in [0.2, 0.25) is 0 Å². The summed E-state index contributed by atoms with van der Waals surface area (Å²) in [7, 11) is 0. The van der Waals surface area contributed by atoms with Gasteiger partial charge in [0.05, 0.1) is 24.0 Å². The maximum Gasteiger partial charge on any atom is 0.0896 e. The molecule has 6 heteroatoms. The Morgan fingerprint density at radius 2 is 2.00 bits per heavy atom. The summed E-state index contributed by atoms with van der Waals surface area (Å²) in [6, 6.07) is 1.80. The average molecular weight is 254 g/mol. The highest BCUT2D eigenvalue weighted by molar-refractivity contribution is 5.56. The number of hydrogen-bond acceptors (Lipinski definition) is 5. The summed E-state index contributed by atoms with van der Waals surface area (Å²) in [5.41, 5.74) is 6.89. The minimum absolute atomic E-state index is 0.157. The molecular weight excluding hydrogens is 240 g/mol. The van der Waals surface area contributed by atoms with Crippen LogP contribution in [0.4, 0.5) is 0 Å². The van der Waals surface area contributed by atoms with Gasteiger partial charge in [-0.05, 0) is 24.1 Å². The van der Waals surface area contributed by atoms with Gasteiger partial charge in [0.25, 0.3) is 0 Å². The molecule has 6 nitrogen and oxygen atoms in total. The first-order valence-electron chi connectivity index (χ1n) is 5.95. The quantitative estimate of drug-likeness (QED) is 0.538. The Balaban J connectivity index is 2.15. The number of nitrogens with zero attached hydrogens (tertiary/aromatic N) is 4. The Kier molecular flexibility index (Phi) is 2.94. The number of aryl methyl sites for hydroxylation is 1. The second kappa shape index (κ2) is 4.75. The lowest BCUT2D eigenvalue weighted by molar-refractivity contribution is 0.635. The van der Waals surface area contributed by atoms with E-state index in [0.717, 1.165) is 22.2 Å². The molecule has 3 rings (SSSR count). The molecule has 0 spiro atoms. The predicted molar refractivity (Wildman–Crippen MR) is 71.1 cm³/mol. The molecule has 3 aromatic heterocycles. The van der Waals surface area contributed by atoms with E-state index < -0.39 is 0 Å². The van der Waals surface area contributed by atoms with Gasteiger partial charge in [-0.15, -0.1) is 0 Å². The number of nitrogens with two attached hydrogens (primary N) is 1. The van der Waals surface area contributed by atoms with Crippen LogP contribution in [0.15, 0.2) is 43.2 Å². The summed E-state index contributed by atoms with van der Waals surface area (Å²) in [5.74, 6) is 5.72. The van der Waals surface area contributed by atoms with Crippen LogP contribution in [-0.2, 0) is 0 Å². The summed E-state index contributed by atoms with van der Waals surface area (Å²) >= 11 is 0. The molecule has 0 fully saturated rings. The van der Waals surface area contributed by atoms with Crippen molar-refractivity contribution < 1.29 is 0 Å². The summed E-state index contributed by atoms with van der Waals surface area (Å²) in [6.45, 7) is 2.03. The van der Waals surface area contributed by atoms with Crippen LogP contribution in [0.25, 0.3) is 5.52 Å². The third-order valence-corrected chi connectivity index (χ3v) is 3.22. The number of rotatable bonds is 3. The lowest BCUT2D eigenvalue weighted by Gasteiger charge is -2.17. The minimum atomic E-state index is -0.157. The summed E-state index contributed by atoms with van der Waals surface area (Å²) < 4.78 is 1.78. The van der Waals surface area contributed by atoms with Crippen molar-refractivity contribution in [2.24, 2.45) is 5.84 Å². The van der Waals surface area contributed by atoms with Crippen LogP contribution in [0.2, 0.25) is 0 Å². The standard InChI is InChI=1S/C13H14N6/c1-9-2-3-15-6-10(9)13(18-14)11-7-17-19-5-4-16-8-12(11)19/h2-8,13,18H,14H2,1H3. The van der Waals surface area contributed by atoms with Crippen molar-refractivity contribution in [2.45, 2.75) is 13.0 Å². The molecule has 0 aliphatic carbocycles. The monoisotopic (exact) mass is 254 g/mol. The summed E-state index contributed by atoms with van der Waals surface area (Å²) in [6.07, 6.45) is 10.7. The van der Waals surface area contributed by atoms with Crippen LogP contribution in [0.3, 0.4) is 0 Å². The van der Waals surface area contributed by atoms with Crippen LogP contribution in [-0.4, -0.2) is 19.6 Å². The molecule has 0 aliphatic rings. The Morgan fingerprint density at radius 3 is 2.79 bits per heavy atom. The Hall–Kier alpha value is -2.31. The SMILES string of the molecule is Cc1ccncc1C(NN)c1cnn2ccncc12. The van der Waals surface area contributed by atoms with Crippen molar-refractivity contribution in [2.75, 3.05) is 0 Å². The van der Waals surface area contributed by atoms with Gasteiger partial charge >= 0.3 is 0 Å². The second-order valence-electron chi connectivity index (χ2n) is 4.34. The minimum Gasteiger partial charge on any atom is -0.271 e. The lowest BCUT2D eigenvalue weighted by Crippen LogP contribution is -2.29. The molecule has 3 aromatic rings. The molecule has 0 amide bonds. The fourth-order valence-corrected chi connectivity index (χ4v) is 2.20. The molecular formula is C13H14N6. The highest BCUT2D eigenvalue weighted by atomic mass is 15.3. The van der Waals surface area contributed by atoms with Crippen molar-refractivity contribution in [3.63, 3.8) is 0 Å². The Bertz CT molecular complexity index is 705. The lowest BCUT2D eigenvalue weighted by atomic mass is 9.99. The van der Waals surface area contributed by atoms with Crippen molar-refractivity contribution in [3.8, 4) is 0 Å². The molecule has 0 saturated carbocycles. The molecule has 0 bridgehead atoms. The highest BCUT2D eigenvalue weighted by Gasteiger charge is 2.19. The molecule has 1 unspecified atom stereocenters. The third kappa shape index (κ3) is 1.96. The van der Waals surface area contributed by atoms with Crippen LogP contribution in [0.1, 0.15) is 22.7 Å². The first-order chi connectivity index (χ1) is 9.31. The molecule has 0 saturated heterocycles.